The van der Waals surface area contributed by atoms with Crippen molar-refractivity contribution in [3.05, 3.63) is 48.6 Å². The molecule has 13 heavy (non-hydrogen) atoms. The molecule has 0 N–H and O–H groups in total. The van der Waals surface area contributed by atoms with E-state index in [0.717, 1.165) is 0 Å². The molecule has 0 aliphatic rings. The van der Waals surface area contributed by atoms with Crippen molar-refractivity contribution in [3.63, 3.8) is 0 Å². The number of hydrogen-bond acceptors (Lipinski definition) is 1. The van der Waals surface area contributed by atoms with Gasteiger partial charge in [0, 0.05) is 13.0 Å². The van der Waals surface area contributed by atoms with Gasteiger partial charge >= 0.3 is 0 Å². The van der Waals surface area contributed by atoms with E-state index in [2.05, 4.69) is 25.6 Å². The molecule has 1 aromatic carbocycles. The van der Waals surface area contributed by atoms with Crippen molar-refractivity contribution < 1.29 is 4.74 Å². The second-order valence-corrected chi connectivity index (χ2v) is 3.16. The van der Waals surface area contributed by atoms with Gasteiger partial charge in [0.2, 0.25) is 0 Å². The molecule has 0 amide bonds. The molecule has 0 heterocycles. The van der Waals surface area contributed by atoms with Crippen LogP contribution in [0, 0.1) is 5.92 Å². The Labute approximate surface area is 80.0 Å². The molecule has 1 heteroatoms. The van der Waals surface area contributed by atoms with Gasteiger partial charge in [0.05, 0.1) is 6.10 Å². The van der Waals surface area contributed by atoms with Gasteiger partial charge in [-0.15, -0.1) is 6.58 Å². The first-order valence-corrected chi connectivity index (χ1v) is 4.50. The molecule has 1 aromatic rings. The highest BCUT2D eigenvalue weighted by atomic mass is 16.5. The van der Waals surface area contributed by atoms with Crippen LogP contribution in [-0.2, 0) is 4.74 Å². The SMILES string of the molecule is C=C[C@H](C)[C@@H](OC)c1ccccc1. The lowest BCUT2D eigenvalue weighted by Gasteiger charge is -2.19. The van der Waals surface area contributed by atoms with Crippen LogP contribution < -0.4 is 0 Å². The first-order valence-electron chi connectivity index (χ1n) is 4.50. The standard InChI is InChI=1S/C12H16O/c1-4-10(2)12(13-3)11-8-6-5-7-9-11/h4-10,12H,1H2,2-3H3/t10-,12+/m0/s1. The Kier molecular flexibility index (Phi) is 3.71. The zero-order valence-electron chi connectivity index (χ0n) is 8.23. The Bertz CT molecular complexity index is 253. The maximum atomic E-state index is 5.42. The van der Waals surface area contributed by atoms with Gasteiger partial charge in [-0.2, -0.15) is 0 Å². The number of ether oxygens (including phenoxy) is 1. The molecule has 70 valence electrons. The molecule has 0 saturated carbocycles. The topological polar surface area (TPSA) is 9.23 Å². The first-order chi connectivity index (χ1) is 6.29. The monoisotopic (exact) mass is 176 g/mol. The van der Waals surface area contributed by atoms with E-state index in [-0.39, 0.29) is 6.10 Å². The predicted molar refractivity (Wildman–Crippen MR) is 55.6 cm³/mol. The molecule has 0 aliphatic heterocycles. The number of hydrogen-bond donors (Lipinski definition) is 0. The summed E-state index contributed by atoms with van der Waals surface area (Å²) in [6.07, 6.45) is 2.04. The highest BCUT2D eigenvalue weighted by Gasteiger charge is 2.14. The summed E-state index contributed by atoms with van der Waals surface area (Å²) in [7, 11) is 1.73. The smallest absolute Gasteiger partial charge is 0.0880 e. The fourth-order valence-electron chi connectivity index (χ4n) is 1.42. The Morgan fingerprint density at radius 1 is 1.31 bits per heavy atom. The van der Waals surface area contributed by atoms with E-state index in [0.29, 0.717) is 5.92 Å². The predicted octanol–water partition coefficient (Wildman–Crippen LogP) is 3.20. The van der Waals surface area contributed by atoms with Crippen LogP contribution >= 0.6 is 0 Å². The molecular weight excluding hydrogens is 160 g/mol. The lowest BCUT2D eigenvalue weighted by Crippen LogP contribution is -2.09. The fraction of sp³-hybridized carbons (Fsp3) is 0.333. The summed E-state index contributed by atoms with van der Waals surface area (Å²) in [5, 5.41) is 0. The normalized spacial score (nSPS) is 14.9. The van der Waals surface area contributed by atoms with E-state index >= 15 is 0 Å². The largest absolute Gasteiger partial charge is 0.376 e. The van der Waals surface area contributed by atoms with E-state index in [9.17, 15) is 0 Å². The molecular formula is C12H16O. The van der Waals surface area contributed by atoms with Crippen LogP contribution in [0.2, 0.25) is 0 Å². The van der Waals surface area contributed by atoms with E-state index in [1.807, 2.05) is 24.3 Å². The van der Waals surface area contributed by atoms with E-state index in [1.54, 1.807) is 7.11 Å². The minimum Gasteiger partial charge on any atom is -0.376 e. The lowest BCUT2D eigenvalue weighted by molar-refractivity contribution is 0.0743. The molecule has 1 nitrogen and oxygen atoms in total. The second-order valence-electron chi connectivity index (χ2n) is 3.16. The van der Waals surface area contributed by atoms with E-state index in [1.165, 1.54) is 5.56 Å². The summed E-state index contributed by atoms with van der Waals surface area (Å²) in [5.74, 6) is 0.340. The van der Waals surface area contributed by atoms with E-state index < -0.39 is 0 Å². The van der Waals surface area contributed by atoms with Gasteiger partial charge in [-0.25, -0.2) is 0 Å². The molecule has 1 rings (SSSR count). The van der Waals surface area contributed by atoms with Gasteiger partial charge in [0.25, 0.3) is 0 Å². The molecule has 0 aromatic heterocycles. The molecule has 0 radical (unpaired) electrons. The van der Waals surface area contributed by atoms with Crippen molar-refractivity contribution in [1.82, 2.24) is 0 Å². The van der Waals surface area contributed by atoms with Crippen LogP contribution in [0.5, 0.6) is 0 Å². The third-order valence-corrected chi connectivity index (χ3v) is 2.23. The summed E-state index contributed by atoms with van der Waals surface area (Å²) >= 11 is 0. The summed E-state index contributed by atoms with van der Waals surface area (Å²) in [5.41, 5.74) is 1.21. The third-order valence-electron chi connectivity index (χ3n) is 2.23. The minimum atomic E-state index is 0.124. The van der Waals surface area contributed by atoms with Gasteiger partial charge in [-0.05, 0) is 5.56 Å². The van der Waals surface area contributed by atoms with Gasteiger partial charge in [-0.3, -0.25) is 0 Å². The first kappa shape index (κ1) is 10.0. The van der Waals surface area contributed by atoms with Crippen LogP contribution in [0.3, 0.4) is 0 Å². The second kappa shape index (κ2) is 4.83. The third kappa shape index (κ3) is 2.43. The van der Waals surface area contributed by atoms with Gasteiger partial charge in [-0.1, -0.05) is 43.3 Å². The van der Waals surface area contributed by atoms with Crippen molar-refractivity contribution in [2.45, 2.75) is 13.0 Å². The molecule has 0 spiro atoms. The molecule has 0 aliphatic carbocycles. The Balaban J connectivity index is 2.84. The maximum Gasteiger partial charge on any atom is 0.0880 e. The van der Waals surface area contributed by atoms with Crippen LogP contribution in [0.25, 0.3) is 0 Å². The van der Waals surface area contributed by atoms with Crippen molar-refractivity contribution in [2.24, 2.45) is 5.92 Å². The lowest BCUT2D eigenvalue weighted by atomic mass is 9.97. The average molecular weight is 176 g/mol. The molecule has 0 fully saturated rings. The molecule has 0 unspecified atom stereocenters. The van der Waals surface area contributed by atoms with Crippen molar-refractivity contribution in [1.29, 1.82) is 0 Å². The van der Waals surface area contributed by atoms with Crippen LogP contribution in [0.4, 0.5) is 0 Å². The molecule has 2 atom stereocenters. The van der Waals surface area contributed by atoms with Crippen molar-refractivity contribution in [2.75, 3.05) is 7.11 Å². The van der Waals surface area contributed by atoms with Gasteiger partial charge in [0.1, 0.15) is 0 Å². The summed E-state index contributed by atoms with van der Waals surface area (Å²) in [6.45, 7) is 5.88. The Hall–Kier alpha value is -1.08. The Morgan fingerprint density at radius 2 is 1.92 bits per heavy atom. The molecule has 0 saturated heterocycles. The van der Waals surface area contributed by atoms with Crippen LogP contribution in [-0.4, -0.2) is 7.11 Å². The average Bonchev–Trinajstić information content (AvgIpc) is 2.20. The fourth-order valence-corrected chi connectivity index (χ4v) is 1.42. The van der Waals surface area contributed by atoms with Crippen molar-refractivity contribution in [3.8, 4) is 0 Å². The van der Waals surface area contributed by atoms with E-state index in [4.69, 9.17) is 4.74 Å². The quantitative estimate of drug-likeness (QED) is 0.640. The number of methoxy groups -OCH3 is 1. The van der Waals surface area contributed by atoms with Crippen LogP contribution in [0.1, 0.15) is 18.6 Å². The van der Waals surface area contributed by atoms with Gasteiger partial charge < -0.3 is 4.74 Å². The summed E-state index contributed by atoms with van der Waals surface area (Å²) in [4.78, 5) is 0. The van der Waals surface area contributed by atoms with Gasteiger partial charge in [0.15, 0.2) is 0 Å². The summed E-state index contributed by atoms with van der Waals surface area (Å²) < 4.78 is 5.42. The zero-order chi connectivity index (χ0) is 9.68. The highest BCUT2D eigenvalue weighted by molar-refractivity contribution is 5.19. The van der Waals surface area contributed by atoms with Crippen molar-refractivity contribution >= 4 is 0 Å². The Morgan fingerprint density at radius 3 is 2.38 bits per heavy atom. The maximum absolute atomic E-state index is 5.42. The number of benzene rings is 1. The highest BCUT2D eigenvalue weighted by Crippen LogP contribution is 2.25. The minimum absolute atomic E-state index is 0.124. The zero-order valence-corrected chi connectivity index (χ0v) is 8.23. The summed E-state index contributed by atoms with van der Waals surface area (Å²) in [6, 6.07) is 10.2. The molecule has 0 bridgehead atoms. The number of rotatable bonds is 4. The van der Waals surface area contributed by atoms with Crippen LogP contribution in [0.15, 0.2) is 43.0 Å².